The zero-order valence-corrected chi connectivity index (χ0v) is 18.3. The van der Waals surface area contributed by atoms with Gasteiger partial charge in [0.15, 0.2) is 5.79 Å². The largest absolute Gasteiger partial charge is 0.350 e. The molecule has 156 valence electrons. The molecular weight excluding hydrogens is 344 g/mol. The predicted octanol–water partition coefficient (Wildman–Crippen LogP) is 6.50. The summed E-state index contributed by atoms with van der Waals surface area (Å²) < 4.78 is 13.2. The van der Waals surface area contributed by atoms with E-state index in [0.717, 1.165) is 36.7 Å². The van der Waals surface area contributed by atoms with Gasteiger partial charge >= 0.3 is 0 Å². The Morgan fingerprint density at radius 1 is 1.00 bits per heavy atom. The molecule has 5 fully saturated rings. The molecule has 2 heteroatoms. The zero-order valence-electron chi connectivity index (χ0n) is 18.3. The van der Waals surface area contributed by atoms with Crippen LogP contribution >= 0.6 is 0 Å². The van der Waals surface area contributed by atoms with Gasteiger partial charge in [0.1, 0.15) is 0 Å². The monoisotopic (exact) mass is 384 g/mol. The van der Waals surface area contributed by atoms with E-state index >= 15 is 0 Å². The van der Waals surface area contributed by atoms with E-state index in [-0.39, 0.29) is 5.79 Å². The van der Waals surface area contributed by atoms with Crippen LogP contribution in [0.5, 0.6) is 0 Å². The maximum absolute atomic E-state index is 6.79. The molecule has 9 atom stereocenters. The molecule has 2 aliphatic heterocycles. The first-order valence-electron chi connectivity index (χ1n) is 12.4. The van der Waals surface area contributed by atoms with Crippen LogP contribution in [0.1, 0.15) is 91.4 Å². The van der Waals surface area contributed by atoms with Crippen LogP contribution in [0.15, 0.2) is 11.6 Å². The van der Waals surface area contributed by atoms with Crippen molar-refractivity contribution in [2.24, 2.45) is 40.4 Å². The molecule has 0 aromatic rings. The number of hydrogen-bond acceptors (Lipinski definition) is 2. The number of fused-ring (bicyclic) bond motifs is 7. The highest BCUT2D eigenvalue weighted by Gasteiger charge is 2.65. The molecule has 2 nitrogen and oxygen atoms in total. The summed E-state index contributed by atoms with van der Waals surface area (Å²) in [5.41, 5.74) is 2.84. The zero-order chi connectivity index (χ0) is 19.1. The van der Waals surface area contributed by atoms with Gasteiger partial charge in [-0.15, -0.1) is 0 Å². The maximum atomic E-state index is 6.79. The molecule has 6 aliphatic rings. The predicted molar refractivity (Wildman–Crippen MR) is 112 cm³/mol. The van der Waals surface area contributed by atoms with Gasteiger partial charge in [0.05, 0.1) is 12.7 Å². The fraction of sp³-hybridized carbons (Fsp3) is 0.923. The lowest BCUT2D eigenvalue weighted by Gasteiger charge is -2.57. The summed E-state index contributed by atoms with van der Waals surface area (Å²) in [6, 6.07) is 0. The van der Waals surface area contributed by atoms with Crippen LogP contribution in [-0.4, -0.2) is 18.5 Å². The number of allylic oxidation sites excluding steroid dienone is 2. The van der Waals surface area contributed by atoms with Crippen LogP contribution in [-0.2, 0) is 9.47 Å². The Morgan fingerprint density at radius 3 is 2.71 bits per heavy atom. The van der Waals surface area contributed by atoms with Gasteiger partial charge in [0.2, 0.25) is 0 Å². The Labute approximate surface area is 171 Å². The van der Waals surface area contributed by atoms with E-state index in [1.807, 2.05) is 5.57 Å². The topological polar surface area (TPSA) is 18.5 Å². The lowest BCUT2D eigenvalue weighted by atomic mass is 9.47. The first kappa shape index (κ1) is 18.4. The summed E-state index contributed by atoms with van der Waals surface area (Å²) in [5.74, 6) is 3.93. The van der Waals surface area contributed by atoms with Crippen LogP contribution in [0.4, 0.5) is 0 Å². The number of ether oxygens (including phenoxy) is 2. The second kappa shape index (κ2) is 6.10. The first-order chi connectivity index (χ1) is 13.4. The van der Waals surface area contributed by atoms with Crippen LogP contribution in [0.25, 0.3) is 0 Å². The molecule has 2 saturated heterocycles. The van der Waals surface area contributed by atoms with Crippen molar-refractivity contribution < 1.29 is 9.47 Å². The van der Waals surface area contributed by atoms with E-state index in [0.29, 0.717) is 22.9 Å². The van der Waals surface area contributed by atoms with Crippen molar-refractivity contribution >= 4 is 0 Å². The van der Waals surface area contributed by atoms with E-state index in [1.54, 1.807) is 0 Å². The quantitative estimate of drug-likeness (QED) is 0.444. The average Bonchev–Trinajstić information content (AvgIpc) is 3.17. The third-order valence-corrected chi connectivity index (χ3v) is 10.8. The van der Waals surface area contributed by atoms with E-state index in [1.165, 1.54) is 64.2 Å². The molecule has 0 amide bonds. The van der Waals surface area contributed by atoms with Gasteiger partial charge in [-0.05, 0) is 91.8 Å². The summed E-state index contributed by atoms with van der Waals surface area (Å²) in [5, 5.41) is 0. The van der Waals surface area contributed by atoms with Gasteiger partial charge in [-0.25, -0.2) is 0 Å². The third kappa shape index (κ3) is 2.40. The Hall–Kier alpha value is -0.340. The molecule has 3 saturated carbocycles. The van der Waals surface area contributed by atoms with Crippen molar-refractivity contribution in [3.8, 4) is 0 Å². The minimum atomic E-state index is -0.221. The highest BCUT2D eigenvalue weighted by Crippen LogP contribution is 2.69. The molecule has 0 bridgehead atoms. The molecule has 4 aliphatic carbocycles. The molecule has 28 heavy (non-hydrogen) atoms. The van der Waals surface area contributed by atoms with Crippen LogP contribution in [0.2, 0.25) is 0 Å². The third-order valence-electron chi connectivity index (χ3n) is 10.8. The van der Waals surface area contributed by atoms with Crippen LogP contribution in [0.3, 0.4) is 0 Å². The first-order valence-corrected chi connectivity index (χ1v) is 12.4. The SMILES string of the molecule is CC1CCC2(CC3C(CC4C5CC=C6CCCCC6(C)C5CCC34C)O2)OC1. The van der Waals surface area contributed by atoms with Gasteiger partial charge < -0.3 is 9.47 Å². The highest BCUT2D eigenvalue weighted by molar-refractivity contribution is 5.25. The number of rotatable bonds is 0. The summed E-state index contributed by atoms with van der Waals surface area (Å²) in [6.45, 7) is 8.50. The van der Waals surface area contributed by atoms with Gasteiger partial charge in [-0.2, -0.15) is 0 Å². The molecular formula is C26H40O2. The fourth-order valence-electron chi connectivity index (χ4n) is 9.11. The average molecular weight is 385 g/mol. The molecule has 1 spiro atoms. The van der Waals surface area contributed by atoms with Crippen molar-refractivity contribution in [1.82, 2.24) is 0 Å². The molecule has 0 aromatic carbocycles. The van der Waals surface area contributed by atoms with Crippen LogP contribution < -0.4 is 0 Å². The van der Waals surface area contributed by atoms with Gasteiger partial charge in [-0.3, -0.25) is 0 Å². The standard InChI is InChI=1S/C26H40O2/c1-17-9-13-26(27-16-17)15-22-23(28-26)14-21-19-8-7-18-6-4-5-11-24(18,2)20(19)10-12-25(21,22)3/h7,17,19-23H,4-6,8-16H2,1-3H3. The van der Waals surface area contributed by atoms with Crippen molar-refractivity contribution in [1.29, 1.82) is 0 Å². The van der Waals surface area contributed by atoms with E-state index in [2.05, 4.69) is 26.8 Å². The number of hydrogen-bond donors (Lipinski definition) is 0. The Kier molecular flexibility index (Phi) is 4.01. The molecule has 0 N–H and O–H groups in total. The van der Waals surface area contributed by atoms with Crippen molar-refractivity contribution in [2.45, 2.75) is 103 Å². The van der Waals surface area contributed by atoms with Gasteiger partial charge in [0, 0.05) is 12.8 Å². The second-order valence-corrected chi connectivity index (χ2v) is 12.1. The second-order valence-electron chi connectivity index (χ2n) is 12.1. The Morgan fingerprint density at radius 2 is 1.89 bits per heavy atom. The fourth-order valence-corrected chi connectivity index (χ4v) is 9.11. The smallest absolute Gasteiger partial charge is 0.169 e. The molecule has 0 radical (unpaired) electrons. The van der Waals surface area contributed by atoms with Crippen molar-refractivity contribution in [3.63, 3.8) is 0 Å². The summed E-state index contributed by atoms with van der Waals surface area (Å²) in [6.07, 6.45) is 18.0. The lowest BCUT2D eigenvalue weighted by Crippen LogP contribution is -2.50. The molecule has 2 heterocycles. The van der Waals surface area contributed by atoms with Crippen molar-refractivity contribution in [2.75, 3.05) is 6.61 Å². The Bertz CT molecular complexity index is 674. The van der Waals surface area contributed by atoms with E-state index in [9.17, 15) is 0 Å². The highest BCUT2D eigenvalue weighted by atomic mass is 16.7. The minimum absolute atomic E-state index is 0.221. The normalized spacial score (nSPS) is 57.9. The molecule has 0 aromatic heterocycles. The van der Waals surface area contributed by atoms with Gasteiger partial charge in [-0.1, -0.05) is 38.8 Å². The summed E-state index contributed by atoms with van der Waals surface area (Å²) >= 11 is 0. The van der Waals surface area contributed by atoms with Crippen molar-refractivity contribution in [3.05, 3.63) is 11.6 Å². The minimum Gasteiger partial charge on any atom is -0.350 e. The molecule has 9 unspecified atom stereocenters. The Balaban J connectivity index is 1.26. The van der Waals surface area contributed by atoms with E-state index in [4.69, 9.17) is 9.47 Å². The summed E-state index contributed by atoms with van der Waals surface area (Å²) in [7, 11) is 0. The molecule has 6 rings (SSSR count). The maximum Gasteiger partial charge on any atom is 0.169 e. The van der Waals surface area contributed by atoms with Gasteiger partial charge in [0.25, 0.3) is 0 Å². The summed E-state index contributed by atoms with van der Waals surface area (Å²) in [4.78, 5) is 0. The lowest BCUT2D eigenvalue weighted by molar-refractivity contribution is -0.255. The van der Waals surface area contributed by atoms with E-state index < -0.39 is 0 Å². The van der Waals surface area contributed by atoms with Crippen LogP contribution in [0, 0.1) is 40.4 Å².